The normalized spacial score (nSPS) is 14.4. The first-order valence-corrected chi connectivity index (χ1v) is 32.0. The number of hydrogen-bond donors (Lipinski definition) is 0. The Labute approximate surface area is 548 Å². The van der Waals surface area contributed by atoms with E-state index in [1.54, 1.807) is 0 Å². The molecule has 0 radical (unpaired) electrons. The topological polar surface area (TPSA) is 35.9 Å². The molecule has 0 fully saturated rings. The first-order valence-electron chi connectivity index (χ1n) is 32.0. The predicted molar refractivity (Wildman–Crippen MR) is 371 cm³/mol. The number of nitrogens with zero attached hydrogens (tertiary/aromatic N) is 4. The van der Waals surface area contributed by atoms with Crippen molar-refractivity contribution in [2.24, 2.45) is 0 Å². The number of benzene rings is 9. The maximum Gasteiger partial charge on any atom is 0.268 e. The van der Waals surface area contributed by atoms with Gasteiger partial charge in [0.2, 0.25) is 0 Å². The molecule has 9 aromatic carbocycles. The van der Waals surface area contributed by atoms with Crippen LogP contribution in [-0.2, 0) is 53.6 Å². The van der Waals surface area contributed by atoms with Crippen LogP contribution in [-0.4, -0.2) is 14.1 Å². The minimum Gasteiger partial charge on any atom is -0.510 e. The molecule has 1 aliphatic carbocycles. The molecule has 0 saturated heterocycles. The van der Waals surface area contributed by atoms with E-state index in [1.807, 2.05) is 18.3 Å². The molecular formula is C84H82N4OPt-2. The molecule has 3 aromatic heterocycles. The van der Waals surface area contributed by atoms with E-state index in [4.69, 9.17) is 9.72 Å². The first-order chi connectivity index (χ1) is 42.1. The Balaban J connectivity index is 0.00000743. The van der Waals surface area contributed by atoms with Crippen LogP contribution in [0.4, 0.5) is 0 Å². The van der Waals surface area contributed by atoms with Gasteiger partial charge in [0.05, 0.1) is 16.7 Å². The van der Waals surface area contributed by atoms with Crippen molar-refractivity contribution < 1.29 is 30.4 Å². The molecule has 1 aliphatic heterocycles. The third-order valence-electron chi connectivity index (χ3n) is 19.5. The van der Waals surface area contributed by atoms with E-state index in [2.05, 4.69) is 307 Å². The van der Waals surface area contributed by atoms with E-state index in [1.165, 1.54) is 61.2 Å². The van der Waals surface area contributed by atoms with Crippen molar-refractivity contribution in [1.82, 2.24) is 14.1 Å². The zero-order valence-electron chi connectivity index (χ0n) is 55.2. The summed E-state index contributed by atoms with van der Waals surface area (Å²) in [6, 6.07) is 73.5. The van der Waals surface area contributed by atoms with Gasteiger partial charge in [-0.05, 0) is 176 Å². The van der Waals surface area contributed by atoms with Gasteiger partial charge in [0.1, 0.15) is 5.82 Å². The standard InChI is InChI=1S/C84H82N4O.Pt/c1-79(2,3)55-33-31-52(32-34-55)53-43-70-64-26-18-17-25-63(64)68-49-71-72(84(15,16)39-38-83(71,13)14)50-69(68)67-29-22-28-62(54-41-57(81(7,8)9)45-58(42-54)82(10,11)12)77(67)87-51-86(75(44-53)78(70)87)59-23-21-24-60(47-59)89-61-35-36-66-65-27-19-20-30-73(65)88(74(66)48-61)76-46-56(37-40-85-76)80(4,5)6;/h17-37,40-46,49-50H,38-39H2,1-16H3;/q-2;. The zero-order chi connectivity index (χ0) is 62.5. The number of para-hydroxylation sites is 2. The van der Waals surface area contributed by atoms with Gasteiger partial charge in [-0.15, -0.1) is 29.7 Å². The van der Waals surface area contributed by atoms with Gasteiger partial charge in [-0.1, -0.05) is 232 Å². The number of ether oxygens (including phenoxy) is 1. The summed E-state index contributed by atoms with van der Waals surface area (Å²) in [6.07, 6.45) is 8.31. The second-order valence-electron chi connectivity index (χ2n) is 30.8. The summed E-state index contributed by atoms with van der Waals surface area (Å²) >= 11 is 0. The molecule has 456 valence electrons. The summed E-state index contributed by atoms with van der Waals surface area (Å²) in [4.78, 5) is 4.96. The average molecular weight is 1360 g/mol. The number of imidazole rings is 1. The third-order valence-corrected chi connectivity index (χ3v) is 19.5. The van der Waals surface area contributed by atoms with E-state index < -0.39 is 0 Å². The Morgan fingerprint density at radius 1 is 0.444 bits per heavy atom. The second-order valence-corrected chi connectivity index (χ2v) is 30.8. The van der Waals surface area contributed by atoms with Crippen molar-refractivity contribution in [1.29, 1.82) is 0 Å². The largest absolute Gasteiger partial charge is 0.510 e. The number of hydrogen-bond acceptors (Lipinski definition) is 2. The summed E-state index contributed by atoms with van der Waals surface area (Å²) in [5.41, 5.74) is 25.3. The fourth-order valence-corrected chi connectivity index (χ4v) is 13.9. The minimum atomic E-state index is -0.105. The van der Waals surface area contributed by atoms with Crippen LogP contribution >= 0.6 is 0 Å². The van der Waals surface area contributed by atoms with Crippen LogP contribution in [0.25, 0.3) is 106 Å². The van der Waals surface area contributed by atoms with Gasteiger partial charge >= 0.3 is 0 Å². The second kappa shape index (κ2) is 21.5. The minimum absolute atomic E-state index is 0. The van der Waals surface area contributed by atoms with Gasteiger partial charge in [-0.2, -0.15) is 18.2 Å². The van der Waals surface area contributed by atoms with E-state index >= 15 is 0 Å². The van der Waals surface area contributed by atoms with E-state index in [-0.39, 0.29) is 53.6 Å². The fraction of sp³-hybridized carbons (Fsp3) is 0.286. The molecule has 6 heteroatoms. The molecule has 0 bridgehead atoms. The van der Waals surface area contributed by atoms with Crippen molar-refractivity contribution in [3.63, 3.8) is 0 Å². The summed E-state index contributed by atoms with van der Waals surface area (Å²) in [6.45, 7) is 37.4. The molecular weight excluding hydrogens is 1280 g/mol. The van der Waals surface area contributed by atoms with Crippen LogP contribution in [0.1, 0.15) is 157 Å². The molecule has 14 rings (SSSR count). The Kier molecular flexibility index (Phi) is 14.5. The molecule has 4 heterocycles. The number of fused-ring (bicyclic) bond motifs is 11. The molecule has 0 N–H and O–H groups in total. The monoisotopic (exact) mass is 1360 g/mol. The number of rotatable bonds is 6. The van der Waals surface area contributed by atoms with E-state index in [9.17, 15) is 0 Å². The SMILES string of the molecule is CC(C)(C)c1ccc(-c2cc3c4c(c2)n(-c2[c-]c(Oc5[c-]c6c(cc5)c5ccccc5n6-c5cc(C(C)(C)C)ccn5)ccc2)[c-][n+]4-c2c(-c4cc(C(C)(C)C)cc(C(C)(C)C)c4)cccc2-c2cc4c(cc2-c2ccccc2-3)C(C)(C)CCC4(C)C)cc1.[Pt]. The van der Waals surface area contributed by atoms with Gasteiger partial charge in [0.25, 0.3) is 6.33 Å². The summed E-state index contributed by atoms with van der Waals surface area (Å²) in [5.74, 6) is 1.99. The van der Waals surface area contributed by atoms with Crippen LogP contribution in [0.3, 0.4) is 0 Å². The van der Waals surface area contributed by atoms with E-state index in [0.29, 0.717) is 11.5 Å². The Bertz CT molecular complexity index is 4810. The van der Waals surface area contributed by atoms with Crippen molar-refractivity contribution in [3.8, 4) is 84.3 Å². The average Bonchev–Trinajstić information content (AvgIpc) is 1.46. The molecule has 0 atom stereocenters. The summed E-state index contributed by atoms with van der Waals surface area (Å²) in [5, 5.41) is 2.21. The van der Waals surface area contributed by atoms with Gasteiger partial charge in [-0.25, -0.2) is 4.98 Å². The Morgan fingerprint density at radius 3 is 1.68 bits per heavy atom. The summed E-state index contributed by atoms with van der Waals surface area (Å²) in [7, 11) is 0. The van der Waals surface area contributed by atoms with Gasteiger partial charge in [-0.3, -0.25) is 4.57 Å². The number of aromatic nitrogens is 4. The fourth-order valence-electron chi connectivity index (χ4n) is 13.9. The molecule has 90 heavy (non-hydrogen) atoms. The summed E-state index contributed by atoms with van der Waals surface area (Å²) < 4.78 is 13.8. The number of pyridine rings is 1. The molecule has 12 aromatic rings. The van der Waals surface area contributed by atoms with Gasteiger partial charge in [0, 0.05) is 44.3 Å². The molecule has 0 spiro atoms. The van der Waals surface area contributed by atoms with Crippen LogP contribution in [0.2, 0.25) is 0 Å². The third kappa shape index (κ3) is 10.5. The van der Waals surface area contributed by atoms with Crippen molar-refractivity contribution in [3.05, 3.63) is 234 Å². The van der Waals surface area contributed by atoms with Crippen LogP contribution in [0.15, 0.2) is 182 Å². The quantitative estimate of drug-likeness (QED) is 0.123. The Hall–Kier alpha value is -8.11. The first kappa shape index (κ1) is 60.8. The van der Waals surface area contributed by atoms with Gasteiger partial charge in [0.15, 0.2) is 0 Å². The maximum absolute atomic E-state index is 6.98. The van der Waals surface area contributed by atoms with Crippen molar-refractivity contribution >= 4 is 32.8 Å². The molecule has 5 nitrogen and oxygen atoms in total. The Morgan fingerprint density at radius 2 is 1.02 bits per heavy atom. The smallest absolute Gasteiger partial charge is 0.268 e. The van der Waals surface area contributed by atoms with Crippen molar-refractivity contribution in [2.75, 3.05) is 0 Å². The van der Waals surface area contributed by atoms with Crippen LogP contribution in [0, 0.1) is 18.5 Å². The van der Waals surface area contributed by atoms with E-state index in [0.717, 1.165) is 90.7 Å². The molecule has 0 saturated carbocycles. The molecule has 2 aliphatic rings. The molecule has 0 unspecified atom stereocenters. The van der Waals surface area contributed by atoms with Gasteiger partial charge < -0.3 is 13.9 Å². The van der Waals surface area contributed by atoms with Crippen LogP contribution < -0.4 is 9.30 Å². The predicted octanol–water partition coefficient (Wildman–Crippen LogP) is 21.8. The van der Waals surface area contributed by atoms with Crippen LogP contribution in [0.5, 0.6) is 11.5 Å². The maximum atomic E-state index is 6.98. The molecule has 0 amide bonds. The zero-order valence-corrected chi connectivity index (χ0v) is 57.5. The van der Waals surface area contributed by atoms with Crippen molar-refractivity contribution in [2.45, 2.75) is 156 Å².